The lowest BCUT2D eigenvalue weighted by Crippen LogP contribution is -2.24. The number of benzene rings is 2. The van der Waals surface area contributed by atoms with E-state index < -0.39 is 31.1 Å². The number of anilines is 4. The maximum atomic E-state index is 14.1. The molecule has 2 heterocycles. The SMILES string of the molecule is CCNC(=O)c1cc(-c2cnn(CCCO)c2)ccc1Nc1nc(Nc2ccc(CP(=O)(O)OCC)cc2OC)ncc1C(F)(F)F. The average Bonchev–Trinajstić information content (AvgIpc) is 3.49. The molecule has 1 unspecified atom stereocenters. The Morgan fingerprint density at radius 1 is 1.06 bits per heavy atom. The Kier molecular flexibility index (Phi) is 11.6. The average molecular weight is 678 g/mol. The van der Waals surface area contributed by atoms with Gasteiger partial charge in [0.2, 0.25) is 5.95 Å². The number of rotatable bonds is 15. The van der Waals surface area contributed by atoms with Gasteiger partial charge in [-0.2, -0.15) is 23.3 Å². The second-order valence-corrected chi connectivity index (χ2v) is 12.0. The fraction of sp³-hybridized carbons (Fsp3) is 0.333. The van der Waals surface area contributed by atoms with Crippen LogP contribution in [0.5, 0.6) is 5.75 Å². The lowest BCUT2D eigenvalue weighted by Gasteiger charge is -2.18. The molecule has 2 aromatic carbocycles. The van der Waals surface area contributed by atoms with Gasteiger partial charge in [0.25, 0.3) is 5.91 Å². The van der Waals surface area contributed by atoms with E-state index in [1.807, 2.05) is 0 Å². The lowest BCUT2D eigenvalue weighted by molar-refractivity contribution is -0.137. The van der Waals surface area contributed by atoms with Gasteiger partial charge in [0.1, 0.15) is 17.1 Å². The monoisotopic (exact) mass is 677 g/mol. The van der Waals surface area contributed by atoms with Crippen molar-refractivity contribution in [2.75, 3.05) is 37.5 Å². The summed E-state index contributed by atoms with van der Waals surface area (Å²) in [5.41, 5.74) is 0.938. The third-order valence-electron chi connectivity index (χ3n) is 6.69. The zero-order chi connectivity index (χ0) is 34.2. The van der Waals surface area contributed by atoms with Gasteiger partial charge in [-0.25, -0.2) is 4.98 Å². The number of carbonyl (C=O) groups excluding carboxylic acids is 1. The second kappa shape index (κ2) is 15.4. The number of halogens is 3. The zero-order valence-electron chi connectivity index (χ0n) is 25.8. The van der Waals surface area contributed by atoms with Gasteiger partial charge in [-0.15, -0.1) is 0 Å². The predicted molar refractivity (Wildman–Crippen MR) is 169 cm³/mol. The predicted octanol–water partition coefficient (Wildman–Crippen LogP) is 5.71. The number of hydrogen-bond donors (Lipinski definition) is 5. The molecule has 0 spiro atoms. The normalized spacial score (nSPS) is 12.8. The van der Waals surface area contributed by atoms with E-state index in [1.165, 1.54) is 37.4 Å². The zero-order valence-corrected chi connectivity index (χ0v) is 26.7. The minimum atomic E-state index is -4.84. The molecule has 0 aliphatic heterocycles. The molecule has 47 heavy (non-hydrogen) atoms. The molecular weight excluding hydrogens is 642 g/mol. The van der Waals surface area contributed by atoms with Gasteiger partial charge in [-0.05, 0) is 55.7 Å². The van der Waals surface area contributed by atoms with Crippen molar-refractivity contribution in [1.82, 2.24) is 25.1 Å². The number of carbonyl (C=O) groups is 1. The molecule has 0 saturated carbocycles. The van der Waals surface area contributed by atoms with E-state index in [1.54, 1.807) is 37.0 Å². The van der Waals surface area contributed by atoms with Crippen molar-refractivity contribution in [2.24, 2.45) is 0 Å². The Labute approximate surface area is 268 Å². The maximum absolute atomic E-state index is 14.1. The van der Waals surface area contributed by atoms with Crippen LogP contribution in [0.1, 0.15) is 41.8 Å². The molecule has 252 valence electrons. The molecule has 0 bridgehead atoms. The highest BCUT2D eigenvalue weighted by Crippen LogP contribution is 2.46. The summed E-state index contributed by atoms with van der Waals surface area (Å²) in [4.78, 5) is 31.0. The van der Waals surface area contributed by atoms with Crippen molar-refractivity contribution < 1.29 is 41.8 Å². The van der Waals surface area contributed by atoms with Crippen molar-refractivity contribution in [3.05, 3.63) is 71.7 Å². The van der Waals surface area contributed by atoms with Gasteiger partial charge in [0.15, 0.2) is 0 Å². The maximum Gasteiger partial charge on any atom is 0.421 e. The largest absolute Gasteiger partial charge is 0.495 e. The Balaban J connectivity index is 1.68. The van der Waals surface area contributed by atoms with Crippen LogP contribution in [0.15, 0.2) is 55.0 Å². The molecular formula is C30H35F3N7O6P. The van der Waals surface area contributed by atoms with Crippen LogP contribution in [0, 0.1) is 0 Å². The molecule has 0 saturated heterocycles. The molecule has 0 radical (unpaired) electrons. The van der Waals surface area contributed by atoms with Gasteiger partial charge < -0.3 is 35.2 Å². The minimum Gasteiger partial charge on any atom is -0.495 e. The summed E-state index contributed by atoms with van der Waals surface area (Å²) < 4.78 is 66.4. The van der Waals surface area contributed by atoms with Gasteiger partial charge in [0.05, 0.1) is 43.0 Å². The number of nitrogens with zero attached hydrogens (tertiary/aromatic N) is 4. The van der Waals surface area contributed by atoms with E-state index >= 15 is 0 Å². The molecule has 0 fully saturated rings. The second-order valence-electron chi connectivity index (χ2n) is 10.1. The summed E-state index contributed by atoms with van der Waals surface area (Å²) >= 11 is 0. The number of aliphatic hydroxyl groups is 1. The van der Waals surface area contributed by atoms with Gasteiger partial charge in [0, 0.05) is 37.7 Å². The molecule has 1 amide bonds. The molecule has 4 aromatic rings. The first kappa shape index (κ1) is 35.4. The van der Waals surface area contributed by atoms with Crippen LogP contribution >= 0.6 is 7.60 Å². The number of aromatic nitrogens is 4. The van der Waals surface area contributed by atoms with Gasteiger partial charge in [-0.3, -0.25) is 14.0 Å². The standard InChI is InChI=1S/C30H35F3N7O6P/c1-4-34-28(42)22-14-20(21-15-36-40(17-21)11-6-12-41)8-10-24(22)37-27-23(30(31,32)33)16-35-29(39-27)38-25-9-7-19(13-26(25)45-3)18-47(43,44)46-5-2/h7-10,13-17,41H,4-6,11-12,18H2,1-3H3,(H,34,42)(H,43,44)(H2,35,37,38,39). The fourth-order valence-corrected chi connectivity index (χ4v) is 5.71. The first-order valence-corrected chi connectivity index (χ1v) is 16.3. The van der Waals surface area contributed by atoms with Crippen LogP contribution in [0.2, 0.25) is 0 Å². The number of hydrogen-bond acceptors (Lipinski definition) is 10. The molecule has 5 N–H and O–H groups in total. The smallest absolute Gasteiger partial charge is 0.421 e. The Hall–Kier alpha value is -4.50. The summed E-state index contributed by atoms with van der Waals surface area (Å²) in [5.74, 6) is -1.14. The van der Waals surface area contributed by atoms with Gasteiger partial charge >= 0.3 is 13.8 Å². The first-order chi connectivity index (χ1) is 22.4. The van der Waals surface area contributed by atoms with Crippen molar-refractivity contribution in [2.45, 2.75) is 39.2 Å². The molecule has 13 nitrogen and oxygen atoms in total. The Morgan fingerprint density at radius 3 is 2.51 bits per heavy atom. The number of methoxy groups -OCH3 is 1. The lowest BCUT2D eigenvalue weighted by atomic mass is 10.0. The summed E-state index contributed by atoms with van der Waals surface area (Å²) in [5, 5.41) is 21.5. The number of amides is 1. The summed E-state index contributed by atoms with van der Waals surface area (Å²) in [7, 11) is -2.52. The van der Waals surface area contributed by atoms with Crippen molar-refractivity contribution >= 4 is 36.6 Å². The van der Waals surface area contributed by atoms with E-state index in [4.69, 9.17) is 14.4 Å². The Bertz CT molecular complexity index is 1750. The number of aryl methyl sites for hydroxylation is 1. The van der Waals surface area contributed by atoms with Crippen LogP contribution in [0.25, 0.3) is 11.1 Å². The van der Waals surface area contributed by atoms with Crippen molar-refractivity contribution in [3.8, 4) is 16.9 Å². The molecule has 1 atom stereocenters. The number of aliphatic hydroxyl groups excluding tert-OH is 1. The number of nitrogens with one attached hydrogen (secondary N) is 3. The van der Waals surface area contributed by atoms with E-state index in [-0.39, 0.29) is 54.6 Å². The van der Waals surface area contributed by atoms with E-state index in [0.29, 0.717) is 35.9 Å². The fourth-order valence-electron chi connectivity index (χ4n) is 4.55. The first-order valence-electron chi connectivity index (χ1n) is 14.5. The molecule has 17 heteroatoms. The van der Waals surface area contributed by atoms with Crippen LogP contribution in [0.4, 0.5) is 36.3 Å². The molecule has 0 aliphatic rings. The van der Waals surface area contributed by atoms with Crippen LogP contribution < -0.4 is 20.7 Å². The highest BCUT2D eigenvalue weighted by atomic mass is 31.2. The third kappa shape index (κ3) is 9.29. The van der Waals surface area contributed by atoms with E-state index in [2.05, 4.69) is 31.0 Å². The summed E-state index contributed by atoms with van der Waals surface area (Å²) in [6, 6.07) is 9.18. The van der Waals surface area contributed by atoms with Crippen LogP contribution in [0.3, 0.4) is 0 Å². The number of alkyl halides is 3. The van der Waals surface area contributed by atoms with E-state index in [9.17, 15) is 27.4 Å². The topological polar surface area (TPSA) is 173 Å². The molecule has 2 aromatic heterocycles. The third-order valence-corrected chi connectivity index (χ3v) is 8.11. The number of ether oxygens (including phenoxy) is 1. The van der Waals surface area contributed by atoms with Crippen LogP contribution in [-0.2, 0) is 28.0 Å². The minimum absolute atomic E-state index is 0.000626. The highest BCUT2D eigenvalue weighted by Gasteiger charge is 2.36. The highest BCUT2D eigenvalue weighted by molar-refractivity contribution is 7.51. The van der Waals surface area contributed by atoms with Crippen LogP contribution in [-0.4, -0.2) is 62.5 Å². The summed E-state index contributed by atoms with van der Waals surface area (Å²) in [6.45, 7) is 4.13. The quantitative estimate of drug-likeness (QED) is 0.0976. The summed E-state index contributed by atoms with van der Waals surface area (Å²) in [6.07, 6.45) is -0.664. The molecule has 4 rings (SSSR count). The van der Waals surface area contributed by atoms with Gasteiger partial charge in [-0.1, -0.05) is 12.1 Å². The van der Waals surface area contributed by atoms with Crippen molar-refractivity contribution in [1.29, 1.82) is 0 Å². The molecule has 0 aliphatic carbocycles. The van der Waals surface area contributed by atoms with E-state index in [0.717, 1.165) is 0 Å². The Morgan fingerprint density at radius 2 is 1.83 bits per heavy atom. The van der Waals surface area contributed by atoms with Crippen molar-refractivity contribution in [3.63, 3.8) is 0 Å².